The smallest absolute Gasteiger partial charge is 0.243 e. The second-order valence-corrected chi connectivity index (χ2v) is 11.8. The average Bonchev–Trinajstić information content (AvgIpc) is 3.49. The van der Waals surface area contributed by atoms with E-state index in [0.717, 1.165) is 55.2 Å². The van der Waals surface area contributed by atoms with Crippen LogP contribution in [0.3, 0.4) is 0 Å². The standard InChI is InChI=1S/C23H34N6O3S2/c1-25-9-11-26(12-10-25)18-28-23(33)29(20-6-2-3-7-20)22(24-28)19-5-4-8-21(17-19)34(30,31)27-13-15-32-16-14-27/h4-5,8,17,20H,2-3,6-7,9-16,18H2,1H3. The number of nitrogens with zero attached hydrogens (tertiary/aromatic N) is 6. The molecule has 1 aliphatic carbocycles. The molecule has 5 rings (SSSR count). The third-order valence-corrected chi connectivity index (χ3v) is 9.49. The van der Waals surface area contributed by atoms with Gasteiger partial charge in [0.25, 0.3) is 0 Å². The molecule has 0 spiro atoms. The third kappa shape index (κ3) is 4.87. The molecular formula is C23H34N6O3S2. The van der Waals surface area contributed by atoms with E-state index in [4.69, 9.17) is 22.1 Å². The molecule has 0 amide bonds. The normalized spacial score (nSPS) is 21.9. The molecule has 11 heteroatoms. The van der Waals surface area contributed by atoms with Crippen LogP contribution in [0, 0.1) is 4.77 Å². The Kier molecular flexibility index (Phi) is 7.19. The van der Waals surface area contributed by atoms with Crippen molar-refractivity contribution >= 4 is 22.2 Å². The number of benzene rings is 1. The summed E-state index contributed by atoms with van der Waals surface area (Å²) in [6, 6.07) is 7.49. The number of piperazine rings is 1. The maximum absolute atomic E-state index is 13.3. The number of hydrogen-bond acceptors (Lipinski definition) is 7. The highest BCUT2D eigenvalue weighted by Gasteiger charge is 2.28. The molecule has 1 aromatic carbocycles. The lowest BCUT2D eigenvalue weighted by Gasteiger charge is -2.31. The quantitative estimate of drug-likeness (QED) is 0.557. The Morgan fingerprint density at radius 1 is 1.06 bits per heavy atom. The maximum Gasteiger partial charge on any atom is 0.243 e. The summed E-state index contributed by atoms with van der Waals surface area (Å²) in [7, 11) is -1.44. The van der Waals surface area contributed by atoms with Gasteiger partial charge in [-0.05, 0) is 44.2 Å². The highest BCUT2D eigenvalue weighted by molar-refractivity contribution is 7.89. The van der Waals surface area contributed by atoms with Crippen LogP contribution in [0.4, 0.5) is 0 Å². The van der Waals surface area contributed by atoms with Gasteiger partial charge in [0.2, 0.25) is 10.0 Å². The Bertz CT molecular complexity index is 1160. The lowest BCUT2D eigenvalue weighted by atomic mass is 10.2. The molecule has 0 unspecified atom stereocenters. The van der Waals surface area contributed by atoms with Crippen molar-refractivity contribution in [2.75, 3.05) is 59.5 Å². The van der Waals surface area contributed by atoms with Crippen molar-refractivity contribution in [2.24, 2.45) is 0 Å². The van der Waals surface area contributed by atoms with E-state index in [-0.39, 0.29) is 0 Å². The lowest BCUT2D eigenvalue weighted by Crippen LogP contribution is -2.45. The first kappa shape index (κ1) is 24.1. The fourth-order valence-corrected chi connectivity index (χ4v) is 6.90. The average molecular weight is 507 g/mol. The van der Waals surface area contributed by atoms with E-state index in [1.807, 2.05) is 16.8 Å². The Hall–Kier alpha value is -1.63. The molecule has 1 saturated carbocycles. The number of sulfonamides is 1. The Morgan fingerprint density at radius 2 is 1.76 bits per heavy atom. The summed E-state index contributed by atoms with van der Waals surface area (Å²) >= 11 is 5.94. The summed E-state index contributed by atoms with van der Waals surface area (Å²) in [5.74, 6) is 0.769. The second kappa shape index (κ2) is 10.2. The van der Waals surface area contributed by atoms with Gasteiger partial charge < -0.3 is 9.64 Å². The van der Waals surface area contributed by atoms with Gasteiger partial charge in [0.1, 0.15) is 0 Å². The van der Waals surface area contributed by atoms with E-state index < -0.39 is 10.0 Å². The topological polar surface area (TPSA) is 75.8 Å². The van der Waals surface area contributed by atoms with Crippen LogP contribution < -0.4 is 0 Å². The van der Waals surface area contributed by atoms with Gasteiger partial charge in [0.15, 0.2) is 10.6 Å². The molecule has 2 aliphatic heterocycles. The van der Waals surface area contributed by atoms with E-state index >= 15 is 0 Å². The van der Waals surface area contributed by atoms with Crippen molar-refractivity contribution in [3.8, 4) is 11.4 Å². The van der Waals surface area contributed by atoms with E-state index in [9.17, 15) is 8.42 Å². The van der Waals surface area contributed by atoms with Crippen molar-refractivity contribution in [3.05, 3.63) is 29.0 Å². The minimum Gasteiger partial charge on any atom is -0.379 e. The number of aromatic nitrogens is 3. The molecule has 0 N–H and O–H groups in total. The van der Waals surface area contributed by atoms with Crippen molar-refractivity contribution < 1.29 is 13.2 Å². The second-order valence-electron chi connectivity index (χ2n) is 9.52. The summed E-state index contributed by atoms with van der Waals surface area (Å²) in [4.78, 5) is 5.01. The molecular weight excluding hydrogens is 472 g/mol. The maximum atomic E-state index is 13.3. The van der Waals surface area contributed by atoms with Crippen LogP contribution in [0.25, 0.3) is 11.4 Å². The van der Waals surface area contributed by atoms with Gasteiger partial charge in [0, 0.05) is 50.9 Å². The predicted molar refractivity (Wildman–Crippen MR) is 133 cm³/mol. The Labute approximate surface area is 206 Å². The van der Waals surface area contributed by atoms with Crippen molar-refractivity contribution in [2.45, 2.75) is 43.3 Å². The first-order chi connectivity index (χ1) is 16.4. The van der Waals surface area contributed by atoms with Gasteiger partial charge in [-0.15, -0.1) is 0 Å². The zero-order valence-corrected chi connectivity index (χ0v) is 21.4. The lowest BCUT2D eigenvalue weighted by molar-refractivity contribution is 0.0730. The molecule has 3 aliphatic rings. The molecule has 0 bridgehead atoms. The highest BCUT2D eigenvalue weighted by Crippen LogP contribution is 2.34. The number of hydrogen-bond donors (Lipinski definition) is 0. The number of likely N-dealkylation sites (N-methyl/N-ethyl adjacent to an activating group) is 1. The fourth-order valence-electron chi connectivity index (χ4n) is 5.11. The molecule has 3 heterocycles. The van der Waals surface area contributed by atoms with E-state index in [1.54, 1.807) is 12.1 Å². The molecule has 0 radical (unpaired) electrons. The van der Waals surface area contributed by atoms with Crippen LogP contribution in [0.5, 0.6) is 0 Å². The number of morpholine rings is 1. The van der Waals surface area contributed by atoms with E-state index in [1.165, 1.54) is 17.1 Å². The first-order valence-electron chi connectivity index (χ1n) is 12.2. The molecule has 1 aromatic heterocycles. The van der Waals surface area contributed by atoms with E-state index in [2.05, 4.69) is 21.4 Å². The van der Waals surface area contributed by atoms with Crippen LogP contribution in [0.1, 0.15) is 31.7 Å². The molecule has 186 valence electrons. The molecule has 34 heavy (non-hydrogen) atoms. The monoisotopic (exact) mass is 506 g/mol. The molecule has 2 saturated heterocycles. The molecule has 3 fully saturated rings. The van der Waals surface area contributed by atoms with Gasteiger partial charge in [-0.3, -0.25) is 9.47 Å². The summed E-state index contributed by atoms with van der Waals surface area (Å²) in [5.41, 5.74) is 0.796. The van der Waals surface area contributed by atoms with Crippen LogP contribution in [-0.2, 0) is 21.4 Å². The van der Waals surface area contributed by atoms with Crippen molar-refractivity contribution in [3.63, 3.8) is 0 Å². The van der Waals surface area contributed by atoms with E-state index in [0.29, 0.717) is 43.9 Å². The third-order valence-electron chi connectivity index (χ3n) is 7.19. The van der Waals surface area contributed by atoms with Crippen LogP contribution in [0.2, 0.25) is 0 Å². The zero-order chi connectivity index (χ0) is 23.7. The van der Waals surface area contributed by atoms with Crippen LogP contribution >= 0.6 is 12.2 Å². The largest absolute Gasteiger partial charge is 0.379 e. The van der Waals surface area contributed by atoms with Gasteiger partial charge in [0.05, 0.1) is 24.8 Å². The van der Waals surface area contributed by atoms with Gasteiger partial charge in [-0.2, -0.15) is 9.40 Å². The predicted octanol–water partition coefficient (Wildman–Crippen LogP) is 2.42. The Balaban J connectivity index is 1.50. The number of ether oxygens (including phenoxy) is 1. The number of rotatable bonds is 6. The molecule has 2 aromatic rings. The van der Waals surface area contributed by atoms with Gasteiger partial charge in [-0.1, -0.05) is 25.0 Å². The fraction of sp³-hybridized carbons (Fsp3) is 0.652. The zero-order valence-electron chi connectivity index (χ0n) is 19.8. The summed E-state index contributed by atoms with van der Waals surface area (Å²) in [5, 5.41) is 4.97. The van der Waals surface area contributed by atoms with Crippen molar-refractivity contribution in [1.82, 2.24) is 28.5 Å². The molecule has 9 nitrogen and oxygen atoms in total. The summed E-state index contributed by atoms with van der Waals surface area (Å²) < 4.78 is 38.2. The van der Waals surface area contributed by atoms with Crippen LogP contribution in [-0.4, -0.2) is 96.4 Å². The highest BCUT2D eigenvalue weighted by atomic mass is 32.2. The van der Waals surface area contributed by atoms with Gasteiger partial charge >= 0.3 is 0 Å². The first-order valence-corrected chi connectivity index (χ1v) is 14.1. The molecule has 0 atom stereocenters. The van der Waals surface area contributed by atoms with Gasteiger partial charge in [-0.25, -0.2) is 13.1 Å². The van der Waals surface area contributed by atoms with Crippen molar-refractivity contribution in [1.29, 1.82) is 0 Å². The van der Waals surface area contributed by atoms with Crippen LogP contribution in [0.15, 0.2) is 29.2 Å². The Morgan fingerprint density at radius 3 is 2.47 bits per heavy atom. The summed E-state index contributed by atoms with van der Waals surface area (Å²) in [6.45, 7) is 6.30. The minimum atomic E-state index is -3.59. The summed E-state index contributed by atoms with van der Waals surface area (Å²) in [6.07, 6.45) is 4.52. The minimum absolute atomic E-state index is 0.296. The SMILES string of the molecule is CN1CCN(Cn2nc(-c3cccc(S(=O)(=O)N4CCOCC4)c3)n(C3CCCC3)c2=S)CC1.